The number of amides is 2. The van der Waals surface area contributed by atoms with Crippen molar-refractivity contribution in [2.45, 2.75) is 26.7 Å². The summed E-state index contributed by atoms with van der Waals surface area (Å²) in [7, 11) is 0. The lowest BCUT2D eigenvalue weighted by atomic mass is 10.0. The lowest BCUT2D eigenvalue weighted by molar-refractivity contribution is -0.136. The second-order valence-electron chi connectivity index (χ2n) is 6.38. The molecule has 0 aliphatic carbocycles. The maximum absolute atomic E-state index is 12.6. The minimum Gasteiger partial charge on any atom is -0.454 e. The molecule has 2 aliphatic heterocycles. The summed E-state index contributed by atoms with van der Waals surface area (Å²) in [6, 6.07) is 5.25. The van der Waals surface area contributed by atoms with Crippen molar-refractivity contribution in [2.24, 2.45) is 5.92 Å². The lowest BCUT2D eigenvalue weighted by Crippen LogP contribution is -2.51. The van der Waals surface area contributed by atoms with Crippen molar-refractivity contribution in [3.05, 3.63) is 23.8 Å². The average Bonchev–Trinajstić information content (AvgIpc) is 3.08. The van der Waals surface area contributed by atoms with Gasteiger partial charge < -0.3 is 19.3 Å². The SMILES string of the molecule is CCCC(C)C(=O)N1CCN(C(=O)c2ccc3c(c2)OCO3)CC1. The minimum atomic E-state index is -0.0259. The molecule has 0 saturated carbocycles. The zero-order chi connectivity index (χ0) is 17.1. The van der Waals surface area contributed by atoms with Crippen LogP contribution in [0.5, 0.6) is 11.5 Å². The molecule has 1 unspecified atom stereocenters. The summed E-state index contributed by atoms with van der Waals surface area (Å²) in [5, 5.41) is 0. The molecule has 2 heterocycles. The lowest BCUT2D eigenvalue weighted by Gasteiger charge is -2.36. The molecular weight excluding hydrogens is 308 g/mol. The van der Waals surface area contributed by atoms with E-state index in [1.807, 2.05) is 11.8 Å². The van der Waals surface area contributed by atoms with Gasteiger partial charge in [0.05, 0.1) is 0 Å². The first-order valence-corrected chi connectivity index (χ1v) is 8.58. The Hall–Kier alpha value is -2.24. The highest BCUT2D eigenvalue weighted by Crippen LogP contribution is 2.32. The van der Waals surface area contributed by atoms with Gasteiger partial charge in [0.2, 0.25) is 12.7 Å². The van der Waals surface area contributed by atoms with Crippen LogP contribution in [-0.2, 0) is 4.79 Å². The van der Waals surface area contributed by atoms with E-state index in [9.17, 15) is 9.59 Å². The fourth-order valence-corrected chi connectivity index (χ4v) is 3.21. The number of rotatable bonds is 4. The van der Waals surface area contributed by atoms with Crippen molar-refractivity contribution < 1.29 is 19.1 Å². The van der Waals surface area contributed by atoms with Gasteiger partial charge in [0, 0.05) is 37.7 Å². The normalized spacial score (nSPS) is 17.8. The van der Waals surface area contributed by atoms with E-state index in [4.69, 9.17) is 9.47 Å². The van der Waals surface area contributed by atoms with Gasteiger partial charge in [-0.15, -0.1) is 0 Å². The number of carbonyl (C=O) groups excluding carboxylic acids is 2. The number of carbonyl (C=O) groups is 2. The Bertz CT molecular complexity index is 623. The summed E-state index contributed by atoms with van der Waals surface area (Å²) in [6.45, 7) is 6.60. The molecule has 1 aromatic carbocycles. The molecule has 1 atom stereocenters. The molecule has 0 bridgehead atoms. The van der Waals surface area contributed by atoms with Gasteiger partial charge >= 0.3 is 0 Å². The minimum absolute atomic E-state index is 0.0259. The van der Waals surface area contributed by atoms with Crippen molar-refractivity contribution in [1.29, 1.82) is 0 Å². The predicted octanol–water partition coefficient (Wildman–Crippen LogP) is 2.14. The number of ether oxygens (including phenoxy) is 2. The van der Waals surface area contributed by atoms with Crippen LogP contribution in [0.15, 0.2) is 18.2 Å². The monoisotopic (exact) mass is 332 g/mol. The first-order chi connectivity index (χ1) is 11.6. The third-order valence-electron chi connectivity index (χ3n) is 4.64. The maximum Gasteiger partial charge on any atom is 0.254 e. The van der Waals surface area contributed by atoms with Crippen LogP contribution >= 0.6 is 0 Å². The van der Waals surface area contributed by atoms with Gasteiger partial charge in [0.15, 0.2) is 11.5 Å². The van der Waals surface area contributed by atoms with Gasteiger partial charge in [-0.25, -0.2) is 0 Å². The van der Waals surface area contributed by atoms with Gasteiger partial charge in [-0.2, -0.15) is 0 Å². The Morgan fingerprint density at radius 2 is 1.75 bits per heavy atom. The van der Waals surface area contributed by atoms with E-state index < -0.39 is 0 Å². The smallest absolute Gasteiger partial charge is 0.254 e. The van der Waals surface area contributed by atoms with E-state index in [2.05, 4.69) is 6.92 Å². The van der Waals surface area contributed by atoms with Crippen molar-refractivity contribution in [1.82, 2.24) is 9.80 Å². The molecule has 6 heteroatoms. The van der Waals surface area contributed by atoms with Crippen LogP contribution in [0.3, 0.4) is 0 Å². The van der Waals surface area contributed by atoms with Crippen LogP contribution in [0.1, 0.15) is 37.0 Å². The molecule has 1 saturated heterocycles. The van der Waals surface area contributed by atoms with Gasteiger partial charge in [-0.1, -0.05) is 20.3 Å². The Morgan fingerprint density at radius 1 is 1.08 bits per heavy atom. The van der Waals surface area contributed by atoms with Crippen molar-refractivity contribution >= 4 is 11.8 Å². The zero-order valence-corrected chi connectivity index (χ0v) is 14.3. The second-order valence-corrected chi connectivity index (χ2v) is 6.38. The quantitative estimate of drug-likeness (QED) is 0.847. The van der Waals surface area contributed by atoms with Crippen LogP contribution in [0.4, 0.5) is 0 Å². The van der Waals surface area contributed by atoms with Gasteiger partial charge in [-0.05, 0) is 24.6 Å². The summed E-state index contributed by atoms with van der Waals surface area (Å²) in [5.74, 6) is 1.52. The Labute approximate surface area is 142 Å². The highest BCUT2D eigenvalue weighted by Gasteiger charge is 2.27. The van der Waals surface area contributed by atoms with E-state index >= 15 is 0 Å². The summed E-state index contributed by atoms with van der Waals surface area (Å²) >= 11 is 0. The molecule has 0 radical (unpaired) electrons. The first kappa shape index (κ1) is 16.6. The van der Waals surface area contributed by atoms with Crippen LogP contribution in [-0.4, -0.2) is 54.6 Å². The summed E-state index contributed by atoms with van der Waals surface area (Å²) in [4.78, 5) is 28.7. The molecule has 3 rings (SSSR count). The fraction of sp³-hybridized carbons (Fsp3) is 0.556. The molecule has 0 N–H and O–H groups in total. The topological polar surface area (TPSA) is 59.1 Å². The van der Waals surface area contributed by atoms with E-state index in [1.165, 1.54) is 0 Å². The van der Waals surface area contributed by atoms with Gasteiger partial charge in [0.25, 0.3) is 5.91 Å². The Balaban J connectivity index is 1.58. The molecule has 0 aromatic heterocycles. The second kappa shape index (κ2) is 7.11. The highest BCUT2D eigenvalue weighted by molar-refractivity contribution is 5.95. The van der Waals surface area contributed by atoms with Crippen molar-refractivity contribution in [3.8, 4) is 11.5 Å². The zero-order valence-electron chi connectivity index (χ0n) is 14.3. The Morgan fingerprint density at radius 3 is 2.46 bits per heavy atom. The third kappa shape index (κ3) is 3.32. The molecule has 1 aromatic rings. The van der Waals surface area contributed by atoms with E-state index in [1.54, 1.807) is 23.1 Å². The molecule has 2 amide bonds. The summed E-state index contributed by atoms with van der Waals surface area (Å²) in [5.41, 5.74) is 0.596. The molecule has 6 nitrogen and oxygen atoms in total. The highest BCUT2D eigenvalue weighted by atomic mass is 16.7. The van der Waals surface area contributed by atoms with E-state index in [0.29, 0.717) is 43.2 Å². The van der Waals surface area contributed by atoms with Crippen molar-refractivity contribution in [2.75, 3.05) is 33.0 Å². The molecular formula is C18H24N2O4. The van der Waals surface area contributed by atoms with Crippen molar-refractivity contribution in [3.63, 3.8) is 0 Å². The number of fused-ring (bicyclic) bond motifs is 1. The summed E-state index contributed by atoms with van der Waals surface area (Å²) in [6.07, 6.45) is 1.92. The maximum atomic E-state index is 12.6. The molecule has 130 valence electrons. The third-order valence-corrected chi connectivity index (χ3v) is 4.64. The molecule has 1 fully saturated rings. The predicted molar refractivity (Wildman–Crippen MR) is 89.1 cm³/mol. The van der Waals surface area contributed by atoms with Gasteiger partial charge in [-0.3, -0.25) is 9.59 Å². The number of benzene rings is 1. The standard InChI is InChI=1S/C18H24N2O4/c1-3-4-13(2)17(21)19-7-9-20(10-8-19)18(22)14-5-6-15-16(11-14)24-12-23-15/h5-6,11,13H,3-4,7-10,12H2,1-2H3. The Kier molecular flexibility index (Phi) is 4.92. The van der Waals surface area contributed by atoms with Gasteiger partial charge in [0.1, 0.15) is 0 Å². The number of hydrogen-bond acceptors (Lipinski definition) is 4. The largest absolute Gasteiger partial charge is 0.454 e. The molecule has 24 heavy (non-hydrogen) atoms. The average molecular weight is 332 g/mol. The van der Waals surface area contributed by atoms with Crippen LogP contribution in [0, 0.1) is 5.92 Å². The van der Waals surface area contributed by atoms with E-state index in [0.717, 1.165) is 12.8 Å². The number of nitrogens with zero attached hydrogens (tertiary/aromatic N) is 2. The number of piperazine rings is 1. The molecule has 0 spiro atoms. The molecule has 2 aliphatic rings. The van der Waals surface area contributed by atoms with Crippen LogP contribution in [0.25, 0.3) is 0 Å². The van der Waals surface area contributed by atoms with E-state index in [-0.39, 0.29) is 24.5 Å². The van der Waals surface area contributed by atoms with Crippen LogP contribution < -0.4 is 9.47 Å². The summed E-state index contributed by atoms with van der Waals surface area (Å²) < 4.78 is 10.6. The first-order valence-electron chi connectivity index (χ1n) is 8.58. The fourth-order valence-electron chi connectivity index (χ4n) is 3.21. The number of hydrogen-bond donors (Lipinski definition) is 0. The van der Waals surface area contributed by atoms with Crippen LogP contribution in [0.2, 0.25) is 0 Å².